The van der Waals surface area contributed by atoms with Gasteiger partial charge in [-0.1, -0.05) is 18.1 Å². The first-order chi connectivity index (χ1) is 12.1. The number of benzene rings is 1. The van der Waals surface area contributed by atoms with Crippen LogP contribution in [-0.4, -0.2) is 28.6 Å². The van der Waals surface area contributed by atoms with Gasteiger partial charge in [-0.2, -0.15) is 0 Å². The average Bonchev–Trinajstić information content (AvgIpc) is 2.97. The number of piperidine rings is 1. The summed E-state index contributed by atoms with van der Waals surface area (Å²) in [5.74, 6) is 1.56. The lowest BCUT2D eigenvalue weighted by Crippen LogP contribution is -2.43. The molecule has 2 aromatic rings. The van der Waals surface area contributed by atoms with Crippen LogP contribution in [-0.2, 0) is 6.61 Å². The maximum Gasteiger partial charge on any atom is 0.254 e. The number of nitrogens with zero attached hydrogens (tertiary/aromatic N) is 2. The van der Waals surface area contributed by atoms with Gasteiger partial charge < -0.3 is 14.2 Å². The number of likely N-dealkylation sites (tertiary alicyclic amines) is 1. The molecular formula is C20H26N2O3. The van der Waals surface area contributed by atoms with Crippen LogP contribution >= 0.6 is 0 Å². The fraction of sp³-hybridized carbons (Fsp3) is 0.500. The lowest BCUT2D eigenvalue weighted by Gasteiger charge is -2.35. The first-order valence-corrected chi connectivity index (χ1v) is 9.05. The van der Waals surface area contributed by atoms with Crippen LogP contribution in [0.4, 0.5) is 0 Å². The second kappa shape index (κ2) is 7.72. The first kappa shape index (κ1) is 17.5. The second-order valence-corrected chi connectivity index (χ2v) is 6.68. The number of hydrogen-bond donors (Lipinski definition) is 0. The van der Waals surface area contributed by atoms with Gasteiger partial charge in [-0.3, -0.25) is 4.79 Å². The van der Waals surface area contributed by atoms with Gasteiger partial charge in [0.25, 0.3) is 5.91 Å². The van der Waals surface area contributed by atoms with Gasteiger partial charge in [0.15, 0.2) is 0 Å². The molecule has 1 amide bonds. The zero-order chi connectivity index (χ0) is 17.8. The van der Waals surface area contributed by atoms with Gasteiger partial charge in [0.1, 0.15) is 18.1 Å². The Morgan fingerprint density at radius 1 is 1.36 bits per heavy atom. The average molecular weight is 342 g/mol. The van der Waals surface area contributed by atoms with Crippen molar-refractivity contribution in [3.05, 3.63) is 46.8 Å². The zero-order valence-corrected chi connectivity index (χ0v) is 15.2. The molecule has 0 radical (unpaired) electrons. The van der Waals surface area contributed by atoms with Crippen LogP contribution in [0.25, 0.3) is 0 Å². The monoisotopic (exact) mass is 342 g/mol. The number of aryl methyl sites for hydroxylation is 2. The third-order valence-electron chi connectivity index (χ3n) is 5.00. The summed E-state index contributed by atoms with van der Waals surface area (Å²) in [4.78, 5) is 14.9. The van der Waals surface area contributed by atoms with E-state index in [0.29, 0.717) is 24.0 Å². The molecule has 1 fully saturated rings. The van der Waals surface area contributed by atoms with Gasteiger partial charge in [0, 0.05) is 18.2 Å². The van der Waals surface area contributed by atoms with Gasteiger partial charge in [-0.25, -0.2) is 0 Å². The second-order valence-electron chi connectivity index (χ2n) is 6.68. The molecule has 3 rings (SSSR count). The molecule has 1 saturated heterocycles. The molecule has 1 aliphatic rings. The summed E-state index contributed by atoms with van der Waals surface area (Å²) in [6.07, 6.45) is 4.41. The van der Waals surface area contributed by atoms with E-state index in [1.54, 1.807) is 0 Å². The Hall–Kier alpha value is -2.30. The van der Waals surface area contributed by atoms with Crippen LogP contribution in [0.5, 0.6) is 5.75 Å². The normalized spacial score (nSPS) is 17.6. The van der Waals surface area contributed by atoms with Crippen LogP contribution < -0.4 is 4.74 Å². The van der Waals surface area contributed by atoms with E-state index in [0.717, 1.165) is 42.8 Å². The number of amides is 1. The number of carbonyl (C=O) groups is 1. The number of hydrogen-bond acceptors (Lipinski definition) is 4. The molecule has 0 saturated carbocycles. The lowest BCUT2D eigenvalue weighted by molar-refractivity contribution is 0.0607. The van der Waals surface area contributed by atoms with Crippen molar-refractivity contribution in [1.82, 2.24) is 10.1 Å². The minimum atomic E-state index is 0.106. The smallest absolute Gasteiger partial charge is 0.254 e. The molecule has 0 spiro atoms. The molecule has 134 valence electrons. The highest BCUT2D eigenvalue weighted by molar-refractivity contribution is 5.94. The Labute approximate surface area is 148 Å². The van der Waals surface area contributed by atoms with Crippen LogP contribution in [0.2, 0.25) is 0 Å². The number of ether oxygens (including phenoxy) is 1. The van der Waals surface area contributed by atoms with Crippen molar-refractivity contribution in [1.29, 1.82) is 0 Å². The largest absolute Gasteiger partial charge is 0.489 e. The molecule has 2 heterocycles. The van der Waals surface area contributed by atoms with Crippen molar-refractivity contribution >= 4 is 5.91 Å². The van der Waals surface area contributed by atoms with Gasteiger partial charge >= 0.3 is 0 Å². The summed E-state index contributed by atoms with van der Waals surface area (Å²) in [7, 11) is 0. The van der Waals surface area contributed by atoms with E-state index < -0.39 is 0 Å². The Balaban J connectivity index is 1.71. The maximum absolute atomic E-state index is 12.9. The van der Waals surface area contributed by atoms with Crippen molar-refractivity contribution in [2.75, 3.05) is 6.54 Å². The summed E-state index contributed by atoms with van der Waals surface area (Å²) in [5.41, 5.74) is 2.49. The van der Waals surface area contributed by atoms with Crippen molar-refractivity contribution in [3.8, 4) is 5.75 Å². The molecule has 25 heavy (non-hydrogen) atoms. The first-order valence-electron chi connectivity index (χ1n) is 9.05. The van der Waals surface area contributed by atoms with E-state index >= 15 is 0 Å². The third-order valence-corrected chi connectivity index (χ3v) is 5.00. The lowest BCUT2D eigenvalue weighted by atomic mass is 9.99. The van der Waals surface area contributed by atoms with E-state index in [1.165, 1.54) is 6.42 Å². The Morgan fingerprint density at radius 3 is 2.92 bits per heavy atom. The molecule has 5 nitrogen and oxygen atoms in total. The van der Waals surface area contributed by atoms with Gasteiger partial charge in [-0.15, -0.1) is 0 Å². The van der Waals surface area contributed by atoms with E-state index in [4.69, 9.17) is 9.26 Å². The molecule has 1 atom stereocenters. The minimum Gasteiger partial charge on any atom is -0.489 e. The zero-order valence-electron chi connectivity index (χ0n) is 15.2. The van der Waals surface area contributed by atoms with E-state index in [9.17, 15) is 4.79 Å². The summed E-state index contributed by atoms with van der Waals surface area (Å²) >= 11 is 0. The molecule has 0 N–H and O–H groups in total. The summed E-state index contributed by atoms with van der Waals surface area (Å²) in [6, 6.07) is 7.81. The summed E-state index contributed by atoms with van der Waals surface area (Å²) in [5, 5.41) is 3.94. The molecule has 1 aliphatic heterocycles. The van der Waals surface area contributed by atoms with E-state index in [2.05, 4.69) is 12.1 Å². The number of aromatic nitrogens is 1. The van der Waals surface area contributed by atoms with Gasteiger partial charge in [-0.05, 0) is 57.7 Å². The Bertz CT molecular complexity index is 719. The van der Waals surface area contributed by atoms with Crippen molar-refractivity contribution in [3.63, 3.8) is 0 Å². The number of carbonyl (C=O) groups excluding carboxylic acids is 1. The predicted molar refractivity (Wildman–Crippen MR) is 95.7 cm³/mol. The fourth-order valence-electron chi connectivity index (χ4n) is 3.44. The summed E-state index contributed by atoms with van der Waals surface area (Å²) in [6.45, 7) is 7.16. The Morgan fingerprint density at radius 2 is 2.20 bits per heavy atom. The van der Waals surface area contributed by atoms with E-state index in [1.807, 2.05) is 43.0 Å². The summed E-state index contributed by atoms with van der Waals surface area (Å²) < 4.78 is 11.0. The minimum absolute atomic E-state index is 0.106. The SMILES string of the molecule is CC[C@H]1CCCCN1C(=O)c1cccc(OCc2c(C)noc2C)c1. The molecule has 0 bridgehead atoms. The molecule has 0 aliphatic carbocycles. The third kappa shape index (κ3) is 3.86. The van der Waals surface area contributed by atoms with E-state index in [-0.39, 0.29) is 5.91 Å². The van der Waals surface area contributed by atoms with Crippen molar-refractivity contribution in [2.45, 2.75) is 59.1 Å². The van der Waals surface area contributed by atoms with Crippen molar-refractivity contribution < 1.29 is 14.1 Å². The highest BCUT2D eigenvalue weighted by Gasteiger charge is 2.26. The molecule has 0 unspecified atom stereocenters. The quantitative estimate of drug-likeness (QED) is 0.814. The molecule has 5 heteroatoms. The standard InChI is InChI=1S/C20H26N2O3/c1-4-17-9-5-6-11-22(17)20(23)16-8-7-10-18(12-16)24-13-19-14(2)21-25-15(19)3/h7-8,10,12,17H,4-6,9,11,13H2,1-3H3/t17-/m0/s1. The van der Waals surface area contributed by atoms with Crippen molar-refractivity contribution in [2.24, 2.45) is 0 Å². The maximum atomic E-state index is 12.9. The van der Waals surface area contributed by atoms with Crippen LogP contribution in [0, 0.1) is 13.8 Å². The van der Waals surface area contributed by atoms with Crippen LogP contribution in [0.15, 0.2) is 28.8 Å². The number of rotatable bonds is 5. The fourth-order valence-corrected chi connectivity index (χ4v) is 3.44. The molecule has 1 aromatic heterocycles. The highest BCUT2D eigenvalue weighted by Crippen LogP contribution is 2.24. The Kier molecular flexibility index (Phi) is 5.41. The highest BCUT2D eigenvalue weighted by atomic mass is 16.5. The molecule has 1 aromatic carbocycles. The molecular weight excluding hydrogens is 316 g/mol. The van der Waals surface area contributed by atoms with Crippen LogP contribution in [0.3, 0.4) is 0 Å². The van der Waals surface area contributed by atoms with Gasteiger partial charge in [0.2, 0.25) is 0 Å². The predicted octanol–water partition coefficient (Wildman–Crippen LogP) is 4.28. The topological polar surface area (TPSA) is 55.6 Å². The van der Waals surface area contributed by atoms with Gasteiger partial charge in [0.05, 0.1) is 11.3 Å². The van der Waals surface area contributed by atoms with Crippen LogP contribution in [0.1, 0.15) is 60.0 Å².